The number of piperidine rings is 1. The molecule has 7 heteroatoms. The summed E-state index contributed by atoms with van der Waals surface area (Å²) in [6, 6.07) is 0.0679. The quantitative estimate of drug-likeness (QED) is 0.713. The summed E-state index contributed by atoms with van der Waals surface area (Å²) in [6.07, 6.45) is 1.95. The van der Waals surface area contributed by atoms with Crippen molar-refractivity contribution >= 4 is 22.5 Å². The third kappa shape index (κ3) is 3.14. The standard InChI is InChI=1S/C9H15N5OS/c1-6-13-14-9(16-6)12-8(15)11-7-2-4-10-5-3-7/h7,10H,2-5H2,1H3,(H2,11,12,14,15). The summed E-state index contributed by atoms with van der Waals surface area (Å²) in [6.45, 7) is 3.78. The first-order chi connectivity index (χ1) is 7.74. The lowest BCUT2D eigenvalue weighted by atomic mass is 10.1. The van der Waals surface area contributed by atoms with Gasteiger partial charge < -0.3 is 10.6 Å². The summed E-state index contributed by atoms with van der Waals surface area (Å²) in [5, 5.41) is 17.9. The monoisotopic (exact) mass is 241 g/mol. The Bertz CT molecular complexity index is 361. The number of aryl methyl sites for hydroxylation is 1. The number of hydrogen-bond donors (Lipinski definition) is 3. The maximum absolute atomic E-state index is 11.6. The van der Waals surface area contributed by atoms with Crippen LogP contribution in [0, 0.1) is 6.92 Å². The third-order valence-electron chi connectivity index (χ3n) is 2.42. The fraction of sp³-hybridized carbons (Fsp3) is 0.667. The zero-order valence-corrected chi connectivity index (χ0v) is 9.93. The van der Waals surface area contributed by atoms with E-state index in [1.807, 2.05) is 6.92 Å². The molecule has 0 radical (unpaired) electrons. The van der Waals surface area contributed by atoms with Crippen LogP contribution in [-0.2, 0) is 0 Å². The molecule has 0 bridgehead atoms. The molecule has 88 valence electrons. The number of nitrogens with zero attached hydrogens (tertiary/aromatic N) is 2. The Morgan fingerprint density at radius 1 is 1.44 bits per heavy atom. The van der Waals surface area contributed by atoms with E-state index in [-0.39, 0.29) is 12.1 Å². The van der Waals surface area contributed by atoms with Gasteiger partial charge in [0.2, 0.25) is 5.13 Å². The Hall–Kier alpha value is -1.21. The van der Waals surface area contributed by atoms with Gasteiger partial charge in [0.1, 0.15) is 5.01 Å². The van der Waals surface area contributed by atoms with Crippen LogP contribution in [0.1, 0.15) is 17.8 Å². The molecular formula is C9H15N5OS. The maximum Gasteiger partial charge on any atom is 0.321 e. The predicted molar refractivity (Wildman–Crippen MR) is 62.7 cm³/mol. The van der Waals surface area contributed by atoms with Crippen molar-refractivity contribution in [2.45, 2.75) is 25.8 Å². The molecule has 2 amide bonds. The van der Waals surface area contributed by atoms with Crippen LogP contribution in [0.3, 0.4) is 0 Å². The van der Waals surface area contributed by atoms with E-state index in [2.05, 4.69) is 26.1 Å². The summed E-state index contributed by atoms with van der Waals surface area (Å²) >= 11 is 1.37. The molecule has 1 fully saturated rings. The Morgan fingerprint density at radius 2 is 2.19 bits per heavy atom. The molecule has 16 heavy (non-hydrogen) atoms. The summed E-state index contributed by atoms with van der Waals surface area (Å²) < 4.78 is 0. The summed E-state index contributed by atoms with van der Waals surface area (Å²) in [5.74, 6) is 0. The minimum absolute atomic E-state index is 0.192. The molecule has 2 rings (SSSR count). The summed E-state index contributed by atoms with van der Waals surface area (Å²) in [5.41, 5.74) is 0. The SMILES string of the molecule is Cc1nnc(NC(=O)NC2CCNCC2)s1. The van der Waals surface area contributed by atoms with Crippen LogP contribution < -0.4 is 16.0 Å². The van der Waals surface area contributed by atoms with Crippen LogP contribution in [0.5, 0.6) is 0 Å². The van der Waals surface area contributed by atoms with Gasteiger partial charge in [0, 0.05) is 6.04 Å². The van der Waals surface area contributed by atoms with Gasteiger partial charge in [-0.3, -0.25) is 5.32 Å². The maximum atomic E-state index is 11.6. The lowest BCUT2D eigenvalue weighted by Gasteiger charge is -2.23. The van der Waals surface area contributed by atoms with Crippen molar-refractivity contribution in [3.63, 3.8) is 0 Å². The Balaban J connectivity index is 1.79. The molecule has 0 spiro atoms. The van der Waals surface area contributed by atoms with Crippen LogP contribution >= 0.6 is 11.3 Å². The molecular weight excluding hydrogens is 226 g/mol. The molecule has 0 saturated carbocycles. The zero-order valence-electron chi connectivity index (χ0n) is 9.12. The predicted octanol–water partition coefficient (Wildman–Crippen LogP) is 0.720. The second-order valence-corrected chi connectivity index (χ2v) is 4.93. The highest BCUT2D eigenvalue weighted by Crippen LogP contribution is 2.13. The van der Waals surface area contributed by atoms with E-state index in [0.29, 0.717) is 5.13 Å². The number of hydrogen-bond acceptors (Lipinski definition) is 5. The number of anilines is 1. The Morgan fingerprint density at radius 3 is 2.81 bits per heavy atom. The molecule has 2 heterocycles. The second-order valence-electron chi connectivity index (χ2n) is 3.75. The highest BCUT2D eigenvalue weighted by molar-refractivity contribution is 7.15. The fourth-order valence-corrected chi connectivity index (χ4v) is 2.22. The van der Waals surface area contributed by atoms with Gasteiger partial charge in [0.15, 0.2) is 0 Å². The van der Waals surface area contributed by atoms with Crippen molar-refractivity contribution in [1.82, 2.24) is 20.8 Å². The summed E-state index contributed by atoms with van der Waals surface area (Å²) in [4.78, 5) is 11.6. The molecule has 0 aliphatic carbocycles. The van der Waals surface area contributed by atoms with Gasteiger partial charge in [-0.1, -0.05) is 11.3 Å². The van der Waals surface area contributed by atoms with Crippen molar-refractivity contribution in [3.8, 4) is 0 Å². The molecule has 0 atom stereocenters. The normalized spacial score (nSPS) is 17.1. The van der Waals surface area contributed by atoms with E-state index >= 15 is 0 Å². The minimum atomic E-state index is -0.192. The van der Waals surface area contributed by atoms with Crippen LogP contribution in [0.4, 0.5) is 9.93 Å². The molecule has 0 aromatic carbocycles. The minimum Gasteiger partial charge on any atom is -0.335 e. The fourth-order valence-electron chi connectivity index (χ4n) is 1.63. The highest BCUT2D eigenvalue weighted by Gasteiger charge is 2.15. The van der Waals surface area contributed by atoms with E-state index in [9.17, 15) is 4.79 Å². The van der Waals surface area contributed by atoms with E-state index in [4.69, 9.17) is 0 Å². The zero-order chi connectivity index (χ0) is 11.4. The molecule has 3 N–H and O–H groups in total. The average molecular weight is 241 g/mol. The number of rotatable bonds is 2. The van der Waals surface area contributed by atoms with Gasteiger partial charge in [-0.2, -0.15) is 0 Å². The third-order valence-corrected chi connectivity index (χ3v) is 3.17. The van der Waals surface area contributed by atoms with Gasteiger partial charge in [-0.05, 0) is 32.9 Å². The van der Waals surface area contributed by atoms with Crippen molar-refractivity contribution in [2.24, 2.45) is 0 Å². The number of aromatic nitrogens is 2. The molecule has 6 nitrogen and oxygen atoms in total. The van der Waals surface area contributed by atoms with E-state index < -0.39 is 0 Å². The number of urea groups is 1. The number of carbonyl (C=O) groups is 1. The van der Waals surface area contributed by atoms with Crippen LogP contribution in [-0.4, -0.2) is 35.4 Å². The topological polar surface area (TPSA) is 78.9 Å². The first kappa shape index (κ1) is 11.3. The van der Waals surface area contributed by atoms with E-state index in [0.717, 1.165) is 30.9 Å². The van der Waals surface area contributed by atoms with Gasteiger partial charge in [-0.15, -0.1) is 10.2 Å². The molecule has 1 aromatic rings. The molecule has 0 unspecified atom stereocenters. The lowest BCUT2D eigenvalue weighted by Crippen LogP contribution is -2.44. The first-order valence-electron chi connectivity index (χ1n) is 5.32. The smallest absolute Gasteiger partial charge is 0.321 e. The molecule has 1 aliphatic rings. The van der Waals surface area contributed by atoms with Crippen LogP contribution in [0.15, 0.2) is 0 Å². The first-order valence-corrected chi connectivity index (χ1v) is 6.14. The number of nitrogens with one attached hydrogen (secondary N) is 3. The molecule has 1 aromatic heterocycles. The van der Waals surface area contributed by atoms with Crippen molar-refractivity contribution in [2.75, 3.05) is 18.4 Å². The van der Waals surface area contributed by atoms with E-state index in [1.54, 1.807) is 0 Å². The highest BCUT2D eigenvalue weighted by atomic mass is 32.1. The van der Waals surface area contributed by atoms with Gasteiger partial charge in [0.05, 0.1) is 0 Å². The Labute approximate surface area is 97.8 Å². The van der Waals surface area contributed by atoms with Gasteiger partial charge in [-0.25, -0.2) is 4.79 Å². The van der Waals surface area contributed by atoms with Gasteiger partial charge >= 0.3 is 6.03 Å². The largest absolute Gasteiger partial charge is 0.335 e. The second kappa shape index (κ2) is 5.22. The van der Waals surface area contributed by atoms with Crippen LogP contribution in [0.2, 0.25) is 0 Å². The van der Waals surface area contributed by atoms with E-state index in [1.165, 1.54) is 11.3 Å². The molecule has 1 aliphatic heterocycles. The van der Waals surface area contributed by atoms with Crippen molar-refractivity contribution in [3.05, 3.63) is 5.01 Å². The van der Waals surface area contributed by atoms with Crippen LogP contribution in [0.25, 0.3) is 0 Å². The molecule has 1 saturated heterocycles. The number of amides is 2. The van der Waals surface area contributed by atoms with Crippen molar-refractivity contribution < 1.29 is 4.79 Å². The number of carbonyl (C=O) groups excluding carboxylic acids is 1. The van der Waals surface area contributed by atoms with Crippen molar-refractivity contribution in [1.29, 1.82) is 0 Å². The Kier molecular flexibility index (Phi) is 3.68. The average Bonchev–Trinajstić information content (AvgIpc) is 2.65. The lowest BCUT2D eigenvalue weighted by molar-refractivity contribution is 0.245. The summed E-state index contributed by atoms with van der Waals surface area (Å²) in [7, 11) is 0. The van der Waals surface area contributed by atoms with Gasteiger partial charge in [0.25, 0.3) is 0 Å².